The molecule has 0 amide bonds. The van der Waals surface area contributed by atoms with Crippen LogP contribution in [0.5, 0.6) is 11.5 Å². The first-order valence-electron chi connectivity index (χ1n) is 9.10. The molecule has 1 aliphatic rings. The van der Waals surface area contributed by atoms with E-state index in [0.29, 0.717) is 63.5 Å². The van der Waals surface area contributed by atoms with Crippen molar-refractivity contribution in [2.75, 3.05) is 63.4 Å². The van der Waals surface area contributed by atoms with E-state index in [1.807, 2.05) is 36.4 Å². The Hall–Kier alpha value is -2.15. The second kappa shape index (κ2) is 10.9. The Morgan fingerprint density at radius 3 is 2.04 bits per heavy atom. The van der Waals surface area contributed by atoms with Crippen LogP contribution < -0.4 is 20.1 Å². The highest BCUT2D eigenvalue weighted by Gasteiger charge is 2.06. The second-order valence-electron chi connectivity index (χ2n) is 5.91. The van der Waals surface area contributed by atoms with Gasteiger partial charge >= 0.3 is 0 Å². The number of benzene rings is 2. The van der Waals surface area contributed by atoms with Crippen molar-refractivity contribution in [1.29, 1.82) is 0 Å². The molecule has 0 bridgehead atoms. The predicted molar refractivity (Wildman–Crippen MR) is 108 cm³/mol. The molecule has 2 aromatic rings. The Labute approximate surface area is 164 Å². The molecule has 0 aliphatic carbocycles. The van der Waals surface area contributed by atoms with Gasteiger partial charge in [-0.25, -0.2) is 0 Å². The average Bonchev–Trinajstić information content (AvgIpc) is 2.68. The van der Waals surface area contributed by atoms with Gasteiger partial charge < -0.3 is 29.6 Å². The van der Waals surface area contributed by atoms with Gasteiger partial charge in [0.05, 0.1) is 37.8 Å². The van der Waals surface area contributed by atoms with Gasteiger partial charge in [0.25, 0.3) is 0 Å². The molecule has 3 rings (SSSR count). The standard InChI is InChI=1S/C20H25ClN2O4/c21-16-5-6-18-20(15-16)27-14-12-25-9-7-22-17-3-1-2-4-19(17)26-13-11-24-10-8-23-18/h1-6,15,22-23H,7-14H2. The molecule has 7 heteroatoms. The Bertz CT molecular complexity index is 714. The molecule has 1 aliphatic heterocycles. The van der Waals surface area contributed by atoms with Crippen LogP contribution in [-0.2, 0) is 9.47 Å². The molecule has 0 fully saturated rings. The Kier molecular flexibility index (Phi) is 7.89. The van der Waals surface area contributed by atoms with Gasteiger partial charge in [0.2, 0.25) is 0 Å². The van der Waals surface area contributed by atoms with Gasteiger partial charge in [-0.15, -0.1) is 0 Å². The van der Waals surface area contributed by atoms with Crippen LogP contribution in [0.3, 0.4) is 0 Å². The summed E-state index contributed by atoms with van der Waals surface area (Å²) in [7, 11) is 0. The SMILES string of the molecule is Clc1ccc2c(c1)OCCOCCNc1ccccc1OCCOCCN2. The van der Waals surface area contributed by atoms with E-state index < -0.39 is 0 Å². The maximum absolute atomic E-state index is 6.08. The van der Waals surface area contributed by atoms with Crippen LogP contribution in [-0.4, -0.2) is 52.7 Å². The van der Waals surface area contributed by atoms with E-state index in [1.54, 1.807) is 6.07 Å². The molecule has 0 radical (unpaired) electrons. The number of fused-ring (bicyclic) bond motifs is 2. The number of hydrogen-bond acceptors (Lipinski definition) is 6. The highest BCUT2D eigenvalue weighted by molar-refractivity contribution is 6.30. The number of ether oxygens (including phenoxy) is 4. The molecule has 0 aromatic heterocycles. The molecular formula is C20H25ClN2O4. The summed E-state index contributed by atoms with van der Waals surface area (Å²) in [5.41, 5.74) is 1.83. The first-order chi connectivity index (χ1) is 13.3. The molecule has 6 nitrogen and oxygen atoms in total. The first kappa shape index (κ1) is 19.6. The zero-order chi connectivity index (χ0) is 18.7. The molecule has 2 aromatic carbocycles. The summed E-state index contributed by atoms with van der Waals surface area (Å²) in [5.74, 6) is 1.53. The third-order valence-corrected chi connectivity index (χ3v) is 4.16. The number of para-hydroxylation sites is 2. The normalized spacial score (nSPS) is 16.8. The van der Waals surface area contributed by atoms with Crippen LogP contribution in [0.1, 0.15) is 0 Å². The average molecular weight is 393 g/mol. The van der Waals surface area contributed by atoms with E-state index >= 15 is 0 Å². The Morgan fingerprint density at radius 2 is 1.30 bits per heavy atom. The highest BCUT2D eigenvalue weighted by atomic mass is 35.5. The van der Waals surface area contributed by atoms with Crippen LogP contribution in [0.2, 0.25) is 5.02 Å². The summed E-state index contributed by atoms with van der Waals surface area (Å²) >= 11 is 6.08. The minimum Gasteiger partial charge on any atom is -0.489 e. The van der Waals surface area contributed by atoms with Gasteiger partial charge in [0.15, 0.2) is 0 Å². The van der Waals surface area contributed by atoms with Crippen molar-refractivity contribution in [2.45, 2.75) is 0 Å². The smallest absolute Gasteiger partial charge is 0.143 e. The molecule has 0 saturated carbocycles. The third kappa shape index (κ3) is 6.50. The number of hydrogen-bond donors (Lipinski definition) is 2. The maximum Gasteiger partial charge on any atom is 0.143 e. The molecule has 0 saturated heterocycles. The van der Waals surface area contributed by atoms with Crippen molar-refractivity contribution >= 4 is 23.0 Å². The second-order valence-corrected chi connectivity index (χ2v) is 6.35. The zero-order valence-corrected chi connectivity index (χ0v) is 16.0. The third-order valence-electron chi connectivity index (χ3n) is 3.92. The van der Waals surface area contributed by atoms with E-state index in [4.69, 9.17) is 30.5 Å². The molecule has 27 heavy (non-hydrogen) atoms. The monoisotopic (exact) mass is 392 g/mol. The van der Waals surface area contributed by atoms with Gasteiger partial charge in [0.1, 0.15) is 24.7 Å². The molecule has 0 spiro atoms. The lowest BCUT2D eigenvalue weighted by Gasteiger charge is -2.16. The molecule has 1 heterocycles. The van der Waals surface area contributed by atoms with Crippen molar-refractivity contribution in [3.8, 4) is 11.5 Å². The number of nitrogens with one attached hydrogen (secondary N) is 2. The van der Waals surface area contributed by atoms with Crippen LogP contribution in [0.15, 0.2) is 42.5 Å². The minimum atomic E-state index is 0.450. The summed E-state index contributed by atoms with van der Waals surface area (Å²) in [5, 5.41) is 7.28. The number of rotatable bonds is 0. The van der Waals surface area contributed by atoms with Crippen LogP contribution in [0, 0.1) is 0 Å². The number of anilines is 2. The maximum atomic E-state index is 6.08. The molecule has 2 N–H and O–H groups in total. The molecule has 0 unspecified atom stereocenters. The summed E-state index contributed by atoms with van der Waals surface area (Å²) in [6.07, 6.45) is 0. The summed E-state index contributed by atoms with van der Waals surface area (Å²) < 4.78 is 22.9. The predicted octanol–water partition coefficient (Wildman–Crippen LogP) is 3.67. The van der Waals surface area contributed by atoms with Crippen LogP contribution in [0.25, 0.3) is 0 Å². The van der Waals surface area contributed by atoms with Crippen molar-refractivity contribution in [1.82, 2.24) is 0 Å². The topological polar surface area (TPSA) is 61.0 Å². The van der Waals surface area contributed by atoms with Gasteiger partial charge in [-0.3, -0.25) is 0 Å². The molecular weight excluding hydrogens is 368 g/mol. The largest absolute Gasteiger partial charge is 0.489 e. The highest BCUT2D eigenvalue weighted by Crippen LogP contribution is 2.28. The summed E-state index contributed by atoms with van der Waals surface area (Å²) in [6, 6.07) is 13.4. The summed E-state index contributed by atoms with van der Waals surface area (Å²) in [4.78, 5) is 0. The van der Waals surface area contributed by atoms with E-state index in [1.165, 1.54) is 0 Å². The summed E-state index contributed by atoms with van der Waals surface area (Å²) in [6.45, 7) is 4.43. The van der Waals surface area contributed by atoms with Crippen molar-refractivity contribution in [3.05, 3.63) is 47.5 Å². The van der Waals surface area contributed by atoms with Crippen LogP contribution >= 0.6 is 11.6 Å². The molecule has 146 valence electrons. The fourth-order valence-corrected chi connectivity index (χ4v) is 2.80. The lowest BCUT2D eigenvalue weighted by Crippen LogP contribution is -2.17. The van der Waals surface area contributed by atoms with Crippen molar-refractivity contribution in [3.63, 3.8) is 0 Å². The first-order valence-corrected chi connectivity index (χ1v) is 9.48. The van der Waals surface area contributed by atoms with Gasteiger partial charge in [-0.05, 0) is 24.3 Å². The van der Waals surface area contributed by atoms with Gasteiger partial charge in [-0.2, -0.15) is 0 Å². The van der Waals surface area contributed by atoms with E-state index in [9.17, 15) is 0 Å². The lowest BCUT2D eigenvalue weighted by atomic mass is 10.3. The van der Waals surface area contributed by atoms with Crippen LogP contribution in [0.4, 0.5) is 11.4 Å². The van der Waals surface area contributed by atoms with Crippen molar-refractivity contribution in [2.24, 2.45) is 0 Å². The van der Waals surface area contributed by atoms with E-state index in [-0.39, 0.29) is 0 Å². The fourth-order valence-electron chi connectivity index (χ4n) is 2.64. The quantitative estimate of drug-likeness (QED) is 0.713. The van der Waals surface area contributed by atoms with E-state index in [0.717, 1.165) is 17.1 Å². The Balaban J connectivity index is 1.58. The van der Waals surface area contributed by atoms with Crippen molar-refractivity contribution < 1.29 is 18.9 Å². The fraction of sp³-hybridized carbons (Fsp3) is 0.400. The van der Waals surface area contributed by atoms with E-state index in [2.05, 4.69) is 10.6 Å². The number of halogens is 1. The Morgan fingerprint density at radius 1 is 0.667 bits per heavy atom. The minimum absolute atomic E-state index is 0.450. The lowest BCUT2D eigenvalue weighted by molar-refractivity contribution is 0.105. The van der Waals surface area contributed by atoms with Gasteiger partial charge in [-0.1, -0.05) is 23.7 Å². The van der Waals surface area contributed by atoms with Gasteiger partial charge in [0, 0.05) is 24.2 Å². The molecule has 0 atom stereocenters. The zero-order valence-electron chi connectivity index (χ0n) is 15.2.